The Morgan fingerprint density at radius 2 is 2.04 bits per heavy atom. The Bertz CT molecular complexity index is 830. The number of hydrogen-bond acceptors (Lipinski definition) is 6. The van der Waals surface area contributed by atoms with Crippen molar-refractivity contribution in [1.29, 1.82) is 0 Å². The average Bonchev–Trinajstić information content (AvgIpc) is 3.11. The lowest BCUT2D eigenvalue weighted by atomic mass is 10.2. The van der Waals surface area contributed by atoms with E-state index in [4.69, 9.17) is 14.2 Å². The SMILES string of the molecule is CCOC(=O)c1c(C)nn(C)c1NC(=O)Nc1ccc2c(c1)OCO2. The minimum absolute atomic E-state index is 0.155. The van der Waals surface area contributed by atoms with Crippen molar-refractivity contribution in [3.63, 3.8) is 0 Å². The molecule has 2 N–H and O–H groups in total. The first-order valence-electron chi connectivity index (χ1n) is 7.68. The van der Waals surface area contributed by atoms with Crippen LogP contribution in [-0.2, 0) is 11.8 Å². The highest BCUT2D eigenvalue weighted by Crippen LogP contribution is 2.34. The lowest BCUT2D eigenvalue weighted by molar-refractivity contribution is 0.0526. The summed E-state index contributed by atoms with van der Waals surface area (Å²) in [5.74, 6) is 0.903. The third kappa shape index (κ3) is 3.35. The van der Waals surface area contributed by atoms with Crippen molar-refractivity contribution in [1.82, 2.24) is 9.78 Å². The van der Waals surface area contributed by atoms with Gasteiger partial charge in [0, 0.05) is 18.8 Å². The van der Waals surface area contributed by atoms with Crippen LogP contribution in [0.25, 0.3) is 0 Å². The average molecular weight is 346 g/mol. The van der Waals surface area contributed by atoms with Crippen molar-refractivity contribution < 1.29 is 23.8 Å². The Kier molecular flexibility index (Phi) is 4.46. The molecular weight excluding hydrogens is 328 g/mol. The fourth-order valence-electron chi connectivity index (χ4n) is 2.49. The van der Waals surface area contributed by atoms with Gasteiger partial charge in [-0.1, -0.05) is 0 Å². The summed E-state index contributed by atoms with van der Waals surface area (Å²) in [4.78, 5) is 24.4. The Hall–Kier alpha value is -3.23. The van der Waals surface area contributed by atoms with Gasteiger partial charge in [0.25, 0.3) is 0 Å². The zero-order chi connectivity index (χ0) is 18.0. The molecule has 1 aliphatic heterocycles. The van der Waals surface area contributed by atoms with Gasteiger partial charge in [-0.05, 0) is 26.0 Å². The molecule has 0 radical (unpaired) electrons. The molecule has 3 rings (SSSR count). The largest absolute Gasteiger partial charge is 0.462 e. The predicted molar refractivity (Wildman–Crippen MR) is 89.1 cm³/mol. The number of carbonyl (C=O) groups is 2. The first kappa shape index (κ1) is 16.6. The van der Waals surface area contributed by atoms with Gasteiger partial charge in [0.15, 0.2) is 11.5 Å². The molecule has 25 heavy (non-hydrogen) atoms. The molecule has 0 unspecified atom stereocenters. The molecule has 0 saturated heterocycles. The summed E-state index contributed by atoms with van der Waals surface area (Å²) in [6.45, 7) is 3.77. The molecule has 0 bridgehead atoms. The van der Waals surface area contributed by atoms with Crippen LogP contribution >= 0.6 is 0 Å². The number of fused-ring (bicyclic) bond motifs is 1. The Morgan fingerprint density at radius 1 is 1.28 bits per heavy atom. The number of urea groups is 1. The Balaban J connectivity index is 1.76. The van der Waals surface area contributed by atoms with Gasteiger partial charge in [0.2, 0.25) is 6.79 Å². The molecule has 0 atom stereocenters. The van der Waals surface area contributed by atoms with Gasteiger partial charge in [-0.25, -0.2) is 9.59 Å². The zero-order valence-electron chi connectivity index (χ0n) is 14.1. The Labute approximate surface area is 143 Å². The number of aromatic nitrogens is 2. The van der Waals surface area contributed by atoms with Gasteiger partial charge in [-0.2, -0.15) is 5.10 Å². The standard InChI is InChI=1S/C16H18N4O5/c1-4-23-15(21)13-9(2)19-20(3)14(13)18-16(22)17-10-5-6-11-12(7-10)25-8-24-11/h5-7H,4,8H2,1-3H3,(H2,17,18,22). The lowest BCUT2D eigenvalue weighted by Crippen LogP contribution is -2.22. The van der Waals surface area contributed by atoms with Gasteiger partial charge < -0.3 is 19.5 Å². The van der Waals surface area contributed by atoms with Gasteiger partial charge in [-0.3, -0.25) is 10.00 Å². The molecule has 0 saturated carbocycles. The first-order chi connectivity index (χ1) is 12.0. The number of amides is 2. The van der Waals surface area contributed by atoms with Crippen molar-refractivity contribution in [3.05, 3.63) is 29.5 Å². The number of anilines is 2. The van der Waals surface area contributed by atoms with Crippen molar-refractivity contribution in [2.75, 3.05) is 24.0 Å². The number of hydrogen-bond donors (Lipinski definition) is 2. The van der Waals surface area contributed by atoms with E-state index in [1.807, 2.05) is 0 Å². The number of carbonyl (C=O) groups excluding carboxylic acids is 2. The third-order valence-electron chi connectivity index (χ3n) is 3.56. The summed E-state index contributed by atoms with van der Waals surface area (Å²) in [6.07, 6.45) is 0. The summed E-state index contributed by atoms with van der Waals surface area (Å²) in [7, 11) is 1.63. The first-order valence-corrected chi connectivity index (χ1v) is 7.68. The van der Waals surface area contributed by atoms with Gasteiger partial charge >= 0.3 is 12.0 Å². The van der Waals surface area contributed by atoms with E-state index in [1.165, 1.54) is 4.68 Å². The minimum Gasteiger partial charge on any atom is -0.462 e. The molecule has 1 aromatic heterocycles. The molecule has 132 valence electrons. The van der Waals surface area contributed by atoms with Gasteiger partial charge in [-0.15, -0.1) is 0 Å². The third-order valence-corrected chi connectivity index (χ3v) is 3.56. The number of nitrogens with zero attached hydrogens (tertiary/aromatic N) is 2. The smallest absolute Gasteiger partial charge is 0.343 e. The second-order valence-corrected chi connectivity index (χ2v) is 5.30. The number of aryl methyl sites for hydroxylation is 2. The van der Waals surface area contributed by atoms with Crippen molar-refractivity contribution in [2.45, 2.75) is 13.8 Å². The minimum atomic E-state index is -0.536. The summed E-state index contributed by atoms with van der Waals surface area (Å²) in [5.41, 5.74) is 1.22. The number of nitrogens with one attached hydrogen (secondary N) is 2. The molecule has 9 nitrogen and oxygen atoms in total. The number of esters is 1. The van der Waals surface area contributed by atoms with E-state index in [0.29, 0.717) is 22.9 Å². The number of rotatable bonds is 4. The van der Waals surface area contributed by atoms with Gasteiger partial charge in [0.1, 0.15) is 11.4 Å². The highest BCUT2D eigenvalue weighted by molar-refractivity contribution is 6.04. The van der Waals surface area contributed by atoms with E-state index in [2.05, 4.69) is 15.7 Å². The quantitative estimate of drug-likeness (QED) is 0.823. The highest BCUT2D eigenvalue weighted by atomic mass is 16.7. The van der Waals surface area contributed by atoms with Crippen LogP contribution in [0.1, 0.15) is 23.0 Å². The second-order valence-electron chi connectivity index (χ2n) is 5.30. The normalized spacial score (nSPS) is 12.0. The maximum absolute atomic E-state index is 12.3. The summed E-state index contributed by atoms with van der Waals surface area (Å²) < 4.78 is 16.9. The van der Waals surface area contributed by atoms with E-state index in [0.717, 1.165) is 0 Å². The molecule has 0 spiro atoms. The summed E-state index contributed by atoms with van der Waals surface area (Å²) >= 11 is 0. The maximum atomic E-state index is 12.3. The van der Waals surface area contributed by atoms with Crippen LogP contribution in [-0.4, -0.2) is 35.2 Å². The van der Waals surface area contributed by atoms with Crippen LogP contribution in [0.2, 0.25) is 0 Å². The fraction of sp³-hybridized carbons (Fsp3) is 0.312. The van der Waals surface area contributed by atoms with Crippen LogP contribution in [0.3, 0.4) is 0 Å². The molecule has 0 aliphatic carbocycles. The van der Waals surface area contributed by atoms with Crippen LogP contribution in [0.5, 0.6) is 11.5 Å². The topological polar surface area (TPSA) is 104 Å². The number of ether oxygens (including phenoxy) is 3. The maximum Gasteiger partial charge on any atom is 0.343 e. The van der Waals surface area contributed by atoms with Crippen LogP contribution < -0.4 is 20.1 Å². The fourth-order valence-corrected chi connectivity index (χ4v) is 2.49. The van der Waals surface area contributed by atoms with E-state index in [1.54, 1.807) is 39.1 Å². The molecule has 0 fully saturated rings. The van der Waals surface area contributed by atoms with Gasteiger partial charge in [0.05, 0.1) is 12.3 Å². The molecular formula is C16H18N4O5. The molecule has 2 aromatic rings. The molecule has 9 heteroatoms. The highest BCUT2D eigenvalue weighted by Gasteiger charge is 2.23. The van der Waals surface area contributed by atoms with E-state index in [-0.39, 0.29) is 24.8 Å². The second kappa shape index (κ2) is 6.71. The van der Waals surface area contributed by atoms with Crippen LogP contribution in [0.4, 0.5) is 16.3 Å². The lowest BCUT2D eigenvalue weighted by Gasteiger charge is -2.10. The molecule has 1 aliphatic rings. The number of benzene rings is 1. The predicted octanol–water partition coefficient (Wildman–Crippen LogP) is 2.28. The van der Waals surface area contributed by atoms with Crippen molar-refractivity contribution >= 4 is 23.5 Å². The van der Waals surface area contributed by atoms with E-state index >= 15 is 0 Å². The van der Waals surface area contributed by atoms with Crippen molar-refractivity contribution in [2.24, 2.45) is 7.05 Å². The van der Waals surface area contributed by atoms with Crippen LogP contribution in [0, 0.1) is 6.92 Å². The van der Waals surface area contributed by atoms with Crippen LogP contribution in [0.15, 0.2) is 18.2 Å². The summed E-state index contributed by atoms with van der Waals surface area (Å²) in [6, 6.07) is 4.53. The zero-order valence-corrected chi connectivity index (χ0v) is 14.1. The Morgan fingerprint density at radius 3 is 2.80 bits per heavy atom. The monoisotopic (exact) mass is 346 g/mol. The molecule has 1 aromatic carbocycles. The molecule has 2 amide bonds. The van der Waals surface area contributed by atoms with E-state index in [9.17, 15) is 9.59 Å². The van der Waals surface area contributed by atoms with Crippen molar-refractivity contribution in [3.8, 4) is 11.5 Å². The summed E-state index contributed by atoms with van der Waals surface area (Å²) in [5, 5.41) is 9.47. The van der Waals surface area contributed by atoms with E-state index < -0.39 is 12.0 Å². The molecule has 2 heterocycles.